The Balaban J connectivity index is 1.93. The topological polar surface area (TPSA) is 69.6 Å². The van der Waals surface area contributed by atoms with E-state index in [4.69, 9.17) is 5.73 Å². The Morgan fingerprint density at radius 2 is 2.05 bits per heavy atom. The van der Waals surface area contributed by atoms with Gasteiger partial charge in [0.15, 0.2) is 5.82 Å². The Bertz CT molecular complexity index is 610. The second kappa shape index (κ2) is 5.75. The Labute approximate surface area is 133 Å². The molecule has 1 aromatic carbocycles. The summed E-state index contributed by atoms with van der Waals surface area (Å²) in [5, 5.41) is 12.3. The van der Waals surface area contributed by atoms with Gasteiger partial charge in [-0.25, -0.2) is 4.68 Å². The minimum absolute atomic E-state index is 0.349. The first-order valence-corrected chi connectivity index (χ1v) is 8.24. The molecule has 21 heavy (non-hydrogen) atoms. The maximum absolute atomic E-state index is 5.92. The number of hydrogen-bond acceptors (Lipinski definition) is 4. The first kappa shape index (κ1) is 14.5. The normalized spacial score (nSPS) is 17.2. The number of nitrogen functional groups attached to an aromatic ring is 1. The summed E-state index contributed by atoms with van der Waals surface area (Å²) in [6.45, 7) is 3.16. The Kier molecular flexibility index (Phi) is 3.97. The van der Waals surface area contributed by atoms with Crippen molar-refractivity contribution < 1.29 is 0 Å². The number of tetrazole rings is 1. The largest absolute Gasteiger partial charge is 0.399 e. The first-order valence-electron chi connectivity index (χ1n) is 7.44. The fourth-order valence-electron chi connectivity index (χ4n) is 3.33. The molecule has 0 saturated heterocycles. The molecule has 112 valence electrons. The average molecular weight is 350 g/mol. The van der Waals surface area contributed by atoms with Crippen molar-refractivity contribution in [2.75, 3.05) is 5.73 Å². The summed E-state index contributed by atoms with van der Waals surface area (Å²) in [4.78, 5) is 0. The molecule has 0 radical (unpaired) electrons. The summed E-state index contributed by atoms with van der Waals surface area (Å²) in [6, 6.07) is 5.80. The van der Waals surface area contributed by atoms with Crippen LogP contribution in [0.25, 0.3) is 11.4 Å². The Morgan fingerprint density at radius 1 is 1.29 bits per heavy atom. The standard InChI is InChI=1S/C15H20BrN5/c1-2-15(5-3-4-6-15)10-21-14(18-19-20-21)11-7-12(16)9-13(17)8-11/h7-9H,2-6,10,17H2,1H3. The molecule has 2 aromatic rings. The predicted molar refractivity (Wildman–Crippen MR) is 86.6 cm³/mol. The van der Waals surface area contributed by atoms with Gasteiger partial charge in [-0.15, -0.1) is 5.10 Å². The molecule has 2 N–H and O–H groups in total. The van der Waals surface area contributed by atoms with Gasteiger partial charge in [0.2, 0.25) is 0 Å². The van der Waals surface area contributed by atoms with Crippen LogP contribution in [-0.2, 0) is 6.54 Å². The average Bonchev–Trinajstić information content (AvgIpc) is 3.08. The van der Waals surface area contributed by atoms with Crippen molar-refractivity contribution in [2.24, 2.45) is 5.41 Å². The summed E-state index contributed by atoms with van der Waals surface area (Å²) in [6.07, 6.45) is 6.34. The van der Waals surface area contributed by atoms with Crippen LogP contribution in [0.1, 0.15) is 39.0 Å². The highest BCUT2D eigenvalue weighted by Gasteiger charge is 2.33. The summed E-state index contributed by atoms with van der Waals surface area (Å²) in [5.41, 5.74) is 7.94. The molecule has 6 heteroatoms. The SMILES string of the molecule is CCC1(Cn2nnnc2-c2cc(N)cc(Br)c2)CCCC1. The van der Waals surface area contributed by atoms with Crippen LogP contribution >= 0.6 is 15.9 Å². The van der Waals surface area contributed by atoms with Crippen molar-refractivity contribution in [1.29, 1.82) is 0 Å². The zero-order chi connectivity index (χ0) is 14.9. The van der Waals surface area contributed by atoms with Gasteiger partial charge in [-0.3, -0.25) is 0 Å². The fourth-order valence-corrected chi connectivity index (χ4v) is 3.84. The van der Waals surface area contributed by atoms with Gasteiger partial charge in [0.05, 0.1) is 6.54 Å². The summed E-state index contributed by atoms with van der Waals surface area (Å²) >= 11 is 3.48. The molecule has 3 rings (SSSR count). The molecule has 0 bridgehead atoms. The van der Waals surface area contributed by atoms with Crippen molar-refractivity contribution in [3.63, 3.8) is 0 Å². The number of benzene rings is 1. The molecule has 0 spiro atoms. The molecular weight excluding hydrogens is 330 g/mol. The van der Waals surface area contributed by atoms with Crippen LogP contribution in [-0.4, -0.2) is 20.2 Å². The maximum Gasteiger partial charge on any atom is 0.182 e. The molecule has 1 fully saturated rings. The number of hydrogen-bond donors (Lipinski definition) is 1. The van der Waals surface area contributed by atoms with Gasteiger partial charge in [0.1, 0.15) is 0 Å². The van der Waals surface area contributed by atoms with Crippen LogP contribution in [0.5, 0.6) is 0 Å². The van der Waals surface area contributed by atoms with Crippen molar-refractivity contribution in [3.8, 4) is 11.4 Å². The Morgan fingerprint density at radius 3 is 2.71 bits per heavy atom. The second-order valence-electron chi connectivity index (χ2n) is 5.99. The summed E-state index contributed by atoms with van der Waals surface area (Å²) < 4.78 is 2.88. The number of nitrogens with two attached hydrogens (primary N) is 1. The van der Waals surface area contributed by atoms with E-state index in [1.807, 2.05) is 22.9 Å². The predicted octanol–water partition coefficient (Wildman–Crippen LogP) is 3.66. The third-order valence-electron chi connectivity index (χ3n) is 4.61. The van der Waals surface area contributed by atoms with Gasteiger partial charge < -0.3 is 5.73 Å². The number of rotatable bonds is 4. The van der Waals surface area contributed by atoms with Gasteiger partial charge in [0.25, 0.3) is 0 Å². The summed E-state index contributed by atoms with van der Waals surface area (Å²) in [5.74, 6) is 0.794. The van der Waals surface area contributed by atoms with E-state index < -0.39 is 0 Å². The fraction of sp³-hybridized carbons (Fsp3) is 0.533. The first-order chi connectivity index (χ1) is 10.1. The van der Waals surface area contributed by atoms with Gasteiger partial charge in [-0.05, 0) is 53.3 Å². The van der Waals surface area contributed by atoms with E-state index >= 15 is 0 Å². The number of nitrogens with zero attached hydrogens (tertiary/aromatic N) is 4. The third kappa shape index (κ3) is 2.95. The van der Waals surface area contributed by atoms with E-state index in [1.54, 1.807) is 0 Å². The highest BCUT2D eigenvalue weighted by atomic mass is 79.9. The van der Waals surface area contributed by atoms with Gasteiger partial charge >= 0.3 is 0 Å². The van der Waals surface area contributed by atoms with Crippen LogP contribution in [0, 0.1) is 5.41 Å². The van der Waals surface area contributed by atoms with Crippen LogP contribution in [0.2, 0.25) is 0 Å². The molecular formula is C15H20BrN5. The van der Waals surface area contributed by atoms with Crippen LogP contribution < -0.4 is 5.73 Å². The minimum atomic E-state index is 0.349. The van der Waals surface area contributed by atoms with E-state index in [1.165, 1.54) is 32.1 Å². The number of aromatic nitrogens is 4. The molecule has 0 amide bonds. The maximum atomic E-state index is 5.92. The number of anilines is 1. The zero-order valence-electron chi connectivity index (χ0n) is 12.2. The van der Waals surface area contributed by atoms with Gasteiger partial charge in [0, 0.05) is 15.7 Å². The minimum Gasteiger partial charge on any atom is -0.399 e. The van der Waals surface area contributed by atoms with Crippen molar-refractivity contribution >= 4 is 21.6 Å². The van der Waals surface area contributed by atoms with Gasteiger partial charge in [-0.1, -0.05) is 35.7 Å². The molecule has 1 heterocycles. The van der Waals surface area contributed by atoms with Crippen molar-refractivity contribution in [2.45, 2.75) is 45.6 Å². The summed E-state index contributed by atoms with van der Waals surface area (Å²) in [7, 11) is 0. The van der Waals surface area contributed by atoms with Crippen molar-refractivity contribution in [3.05, 3.63) is 22.7 Å². The molecule has 0 atom stereocenters. The second-order valence-corrected chi connectivity index (χ2v) is 6.91. The van der Waals surface area contributed by atoms with E-state index in [-0.39, 0.29) is 0 Å². The smallest absolute Gasteiger partial charge is 0.182 e. The van der Waals surface area contributed by atoms with E-state index in [0.29, 0.717) is 11.1 Å². The van der Waals surface area contributed by atoms with Crippen molar-refractivity contribution in [1.82, 2.24) is 20.2 Å². The van der Waals surface area contributed by atoms with E-state index in [9.17, 15) is 0 Å². The molecule has 1 saturated carbocycles. The lowest BCUT2D eigenvalue weighted by Gasteiger charge is -2.27. The lowest BCUT2D eigenvalue weighted by molar-refractivity contribution is 0.226. The third-order valence-corrected chi connectivity index (χ3v) is 5.07. The van der Waals surface area contributed by atoms with E-state index in [2.05, 4.69) is 38.4 Å². The highest BCUT2D eigenvalue weighted by Crippen LogP contribution is 2.42. The monoisotopic (exact) mass is 349 g/mol. The zero-order valence-corrected chi connectivity index (χ0v) is 13.8. The molecule has 1 aliphatic rings. The molecule has 5 nitrogen and oxygen atoms in total. The van der Waals surface area contributed by atoms with Gasteiger partial charge in [-0.2, -0.15) is 0 Å². The molecule has 0 unspecified atom stereocenters. The quantitative estimate of drug-likeness (QED) is 0.855. The highest BCUT2D eigenvalue weighted by molar-refractivity contribution is 9.10. The Hall–Kier alpha value is -1.43. The van der Waals surface area contributed by atoms with Crippen LogP contribution in [0.4, 0.5) is 5.69 Å². The molecule has 0 aliphatic heterocycles. The van der Waals surface area contributed by atoms with Crippen LogP contribution in [0.3, 0.4) is 0 Å². The van der Waals surface area contributed by atoms with E-state index in [0.717, 1.165) is 22.4 Å². The molecule has 1 aromatic heterocycles. The lowest BCUT2D eigenvalue weighted by atomic mass is 9.83. The number of halogens is 1. The lowest BCUT2D eigenvalue weighted by Crippen LogP contribution is -2.24. The van der Waals surface area contributed by atoms with Crippen LogP contribution in [0.15, 0.2) is 22.7 Å². The molecule has 1 aliphatic carbocycles.